The smallest absolute Gasteiger partial charge is 0.303 e. The largest absolute Gasteiger partial charge is 0.481 e. The van der Waals surface area contributed by atoms with E-state index in [1.807, 2.05) is 0 Å². The lowest BCUT2D eigenvalue weighted by Crippen LogP contribution is -2.33. The number of amides is 1. The molecule has 5 heteroatoms. The van der Waals surface area contributed by atoms with Crippen LogP contribution >= 0.6 is 11.6 Å². The molecule has 0 aliphatic carbocycles. The van der Waals surface area contributed by atoms with Crippen LogP contribution in [0.5, 0.6) is 0 Å². The molecular formula is C12H22ClNO3. The summed E-state index contributed by atoms with van der Waals surface area (Å²) in [5, 5.41) is 11.2. The molecule has 100 valence electrons. The molecule has 17 heavy (non-hydrogen) atoms. The highest BCUT2D eigenvalue weighted by molar-refractivity contribution is 6.19. The van der Waals surface area contributed by atoms with Gasteiger partial charge in [-0.05, 0) is 25.2 Å². The summed E-state index contributed by atoms with van der Waals surface area (Å²) in [6.07, 6.45) is 2.21. The van der Waals surface area contributed by atoms with E-state index >= 15 is 0 Å². The topological polar surface area (TPSA) is 66.4 Å². The van der Waals surface area contributed by atoms with Crippen molar-refractivity contribution < 1.29 is 14.7 Å². The number of halogens is 1. The van der Waals surface area contributed by atoms with E-state index < -0.39 is 5.97 Å². The monoisotopic (exact) mass is 263 g/mol. The lowest BCUT2D eigenvalue weighted by Gasteiger charge is -2.15. The van der Waals surface area contributed by atoms with Crippen molar-refractivity contribution in [2.24, 2.45) is 11.8 Å². The van der Waals surface area contributed by atoms with E-state index in [1.54, 1.807) is 0 Å². The zero-order chi connectivity index (χ0) is 13.3. The molecule has 0 rings (SSSR count). The minimum Gasteiger partial charge on any atom is -0.481 e. The van der Waals surface area contributed by atoms with E-state index in [0.717, 1.165) is 6.42 Å². The molecule has 2 N–H and O–H groups in total. The summed E-state index contributed by atoms with van der Waals surface area (Å²) in [4.78, 5) is 22.0. The first-order valence-corrected chi connectivity index (χ1v) is 6.56. The molecule has 0 spiro atoms. The Bertz CT molecular complexity index is 244. The van der Waals surface area contributed by atoms with Gasteiger partial charge in [-0.15, -0.1) is 11.6 Å². The standard InChI is InChI=1S/C12H22ClNO3/c1-9(2)7-10(8-13)12(17)14-6-4-3-5-11(15)16/h9-10H,3-8H2,1-2H3,(H,14,17)(H,15,16). The van der Waals surface area contributed by atoms with Crippen LogP contribution in [0, 0.1) is 11.8 Å². The molecule has 1 amide bonds. The van der Waals surface area contributed by atoms with Gasteiger partial charge in [0.2, 0.25) is 5.91 Å². The normalized spacial score (nSPS) is 12.5. The summed E-state index contributed by atoms with van der Waals surface area (Å²) >= 11 is 5.75. The van der Waals surface area contributed by atoms with Gasteiger partial charge in [0.25, 0.3) is 0 Å². The number of carbonyl (C=O) groups excluding carboxylic acids is 1. The molecule has 0 radical (unpaired) electrons. The predicted molar refractivity (Wildman–Crippen MR) is 68.2 cm³/mol. The minimum absolute atomic E-state index is 0.0241. The highest BCUT2D eigenvalue weighted by Gasteiger charge is 2.17. The van der Waals surface area contributed by atoms with Crippen molar-refractivity contribution >= 4 is 23.5 Å². The third-order valence-electron chi connectivity index (χ3n) is 2.43. The molecule has 0 heterocycles. The fourth-order valence-corrected chi connectivity index (χ4v) is 1.83. The van der Waals surface area contributed by atoms with Crippen LogP contribution in [0.2, 0.25) is 0 Å². The molecule has 4 nitrogen and oxygen atoms in total. The van der Waals surface area contributed by atoms with Crippen molar-refractivity contribution in [1.29, 1.82) is 0 Å². The lowest BCUT2D eigenvalue weighted by atomic mass is 9.98. The molecule has 0 aliphatic rings. The fourth-order valence-electron chi connectivity index (χ4n) is 1.57. The Morgan fingerprint density at radius 2 is 1.94 bits per heavy atom. The highest BCUT2D eigenvalue weighted by atomic mass is 35.5. The van der Waals surface area contributed by atoms with Gasteiger partial charge in [0.05, 0.1) is 5.92 Å². The molecule has 0 aliphatic heterocycles. The van der Waals surface area contributed by atoms with Crippen molar-refractivity contribution in [3.63, 3.8) is 0 Å². The Morgan fingerprint density at radius 3 is 2.41 bits per heavy atom. The summed E-state index contributed by atoms with van der Waals surface area (Å²) in [6, 6.07) is 0. The van der Waals surface area contributed by atoms with Gasteiger partial charge in [0.15, 0.2) is 0 Å². The number of rotatable bonds is 9. The van der Waals surface area contributed by atoms with E-state index in [-0.39, 0.29) is 18.2 Å². The van der Waals surface area contributed by atoms with Gasteiger partial charge in [-0.1, -0.05) is 13.8 Å². The van der Waals surface area contributed by atoms with Crippen LogP contribution in [-0.2, 0) is 9.59 Å². The zero-order valence-electron chi connectivity index (χ0n) is 10.5. The molecule has 0 fully saturated rings. The zero-order valence-corrected chi connectivity index (χ0v) is 11.3. The van der Waals surface area contributed by atoms with Crippen LogP contribution in [0.4, 0.5) is 0 Å². The van der Waals surface area contributed by atoms with Crippen LogP contribution < -0.4 is 5.32 Å². The molecule has 0 saturated heterocycles. The van der Waals surface area contributed by atoms with E-state index in [0.29, 0.717) is 31.2 Å². The quantitative estimate of drug-likeness (QED) is 0.495. The highest BCUT2D eigenvalue weighted by Crippen LogP contribution is 2.13. The van der Waals surface area contributed by atoms with Crippen LogP contribution in [0.25, 0.3) is 0 Å². The van der Waals surface area contributed by atoms with Crippen LogP contribution in [-0.4, -0.2) is 29.4 Å². The molecule has 0 aromatic heterocycles. The maximum Gasteiger partial charge on any atom is 0.303 e. The Kier molecular flexibility index (Phi) is 8.86. The number of carboxylic acid groups (broad SMARTS) is 1. The molecule has 1 unspecified atom stereocenters. The first-order valence-electron chi connectivity index (χ1n) is 6.02. The lowest BCUT2D eigenvalue weighted by molar-refractivity contribution is -0.137. The van der Waals surface area contributed by atoms with E-state index in [2.05, 4.69) is 19.2 Å². The maximum atomic E-state index is 11.7. The van der Waals surface area contributed by atoms with Crippen LogP contribution in [0.3, 0.4) is 0 Å². The van der Waals surface area contributed by atoms with Crippen molar-refractivity contribution in [1.82, 2.24) is 5.32 Å². The van der Waals surface area contributed by atoms with Gasteiger partial charge in [-0.3, -0.25) is 9.59 Å². The summed E-state index contributed by atoms with van der Waals surface area (Å²) in [5.41, 5.74) is 0. The second-order valence-electron chi connectivity index (χ2n) is 4.62. The molecule has 0 aromatic carbocycles. The Hall–Kier alpha value is -0.770. The van der Waals surface area contributed by atoms with E-state index in [4.69, 9.17) is 16.7 Å². The fraction of sp³-hybridized carbons (Fsp3) is 0.833. The Morgan fingerprint density at radius 1 is 1.29 bits per heavy atom. The van der Waals surface area contributed by atoms with Gasteiger partial charge < -0.3 is 10.4 Å². The average molecular weight is 264 g/mol. The average Bonchev–Trinajstić information content (AvgIpc) is 2.24. The number of hydrogen-bond acceptors (Lipinski definition) is 2. The third kappa shape index (κ3) is 8.98. The van der Waals surface area contributed by atoms with Crippen molar-refractivity contribution in [2.45, 2.75) is 39.5 Å². The number of carbonyl (C=O) groups is 2. The van der Waals surface area contributed by atoms with Crippen molar-refractivity contribution in [3.05, 3.63) is 0 Å². The van der Waals surface area contributed by atoms with Gasteiger partial charge >= 0.3 is 5.97 Å². The van der Waals surface area contributed by atoms with E-state index in [9.17, 15) is 9.59 Å². The minimum atomic E-state index is -0.797. The second-order valence-corrected chi connectivity index (χ2v) is 4.93. The Balaban J connectivity index is 3.72. The van der Waals surface area contributed by atoms with Gasteiger partial charge in [-0.25, -0.2) is 0 Å². The summed E-state index contributed by atoms with van der Waals surface area (Å²) < 4.78 is 0. The van der Waals surface area contributed by atoms with Crippen LogP contribution in [0.15, 0.2) is 0 Å². The number of unbranched alkanes of at least 4 members (excludes halogenated alkanes) is 1. The molecular weight excluding hydrogens is 242 g/mol. The van der Waals surface area contributed by atoms with Crippen molar-refractivity contribution in [3.8, 4) is 0 Å². The first kappa shape index (κ1) is 16.2. The number of alkyl halides is 1. The SMILES string of the molecule is CC(C)CC(CCl)C(=O)NCCCCC(=O)O. The van der Waals surface area contributed by atoms with Crippen LogP contribution in [0.1, 0.15) is 39.5 Å². The number of hydrogen-bond donors (Lipinski definition) is 2. The van der Waals surface area contributed by atoms with Gasteiger partial charge in [-0.2, -0.15) is 0 Å². The molecule has 0 aromatic rings. The van der Waals surface area contributed by atoms with Gasteiger partial charge in [0, 0.05) is 18.8 Å². The summed E-state index contributed by atoms with van der Waals surface area (Å²) in [7, 11) is 0. The molecule has 0 bridgehead atoms. The predicted octanol–water partition coefficient (Wildman–Crippen LogP) is 2.26. The van der Waals surface area contributed by atoms with E-state index in [1.165, 1.54) is 0 Å². The molecule has 0 saturated carbocycles. The third-order valence-corrected chi connectivity index (χ3v) is 2.80. The van der Waals surface area contributed by atoms with Gasteiger partial charge in [0.1, 0.15) is 0 Å². The summed E-state index contributed by atoms with van der Waals surface area (Å²) in [6.45, 7) is 4.64. The number of nitrogens with one attached hydrogen (secondary N) is 1. The maximum absolute atomic E-state index is 11.7. The number of aliphatic carboxylic acids is 1. The Labute approximate surface area is 108 Å². The summed E-state index contributed by atoms with van der Waals surface area (Å²) in [5.74, 6) is -0.189. The first-order chi connectivity index (χ1) is 7.97. The second kappa shape index (κ2) is 9.28. The molecule has 1 atom stereocenters. The number of carboxylic acids is 1. The van der Waals surface area contributed by atoms with Crippen molar-refractivity contribution in [2.75, 3.05) is 12.4 Å².